The summed E-state index contributed by atoms with van der Waals surface area (Å²) in [5.41, 5.74) is -0.783. The Morgan fingerprint density at radius 2 is 2.11 bits per heavy atom. The van der Waals surface area contributed by atoms with E-state index >= 15 is 0 Å². The molecule has 0 bridgehead atoms. The number of ether oxygens (including phenoxy) is 1. The van der Waals surface area contributed by atoms with Crippen molar-refractivity contribution in [2.75, 3.05) is 13.2 Å². The van der Waals surface area contributed by atoms with Crippen LogP contribution in [0.4, 0.5) is 4.39 Å². The van der Waals surface area contributed by atoms with Crippen LogP contribution in [0.3, 0.4) is 0 Å². The molecule has 0 amide bonds. The van der Waals surface area contributed by atoms with E-state index in [0.717, 1.165) is 0 Å². The van der Waals surface area contributed by atoms with Gasteiger partial charge in [0.15, 0.2) is 0 Å². The number of rotatable bonds is 2. The van der Waals surface area contributed by atoms with Gasteiger partial charge in [0.25, 0.3) is 0 Å². The van der Waals surface area contributed by atoms with Crippen LogP contribution in [0, 0.1) is 22.6 Å². The van der Waals surface area contributed by atoms with Crippen LogP contribution in [-0.4, -0.2) is 18.3 Å². The number of aliphatic hydroxyl groups is 1. The van der Waals surface area contributed by atoms with Crippen molar-refractivity contribution >= 4 is 15.9 Å². The lowest BCUT2D eigenvalue weighted by Crippen LogP contribution is -2.34. The third-order valence-corrected chi connectivity index (χ3v) is 3.88. The molecule has 1 aliphatic rings. The summed E-state index contributed by atoms with van der Waals surface area (Å²) in [6, 6.07) is 6.62. The van der Waals surface area contributed by atoms with Crippen LogP contribution in [-0.2, 0) is 4.74 Å². The van der Waals surface area contributed by atoms with Crippen molar-refractivity contribution in [1.82, 2.24) is 0 Å². The highest BCUT2D eigenvalue weighted by Crippen LogP contribution is 2.42. The molecule has 0 aromatic heterocycles. The standard InChI is InChI=1S/C13H13BrFNO2/c14-9-1-2-10(11(15)7-9)12(17)13(8-16)3-5-18-6-4-13/h1-2,7,12,17H,3-6H2. The van der Waals surface area contributed by atoms with E-state index in [-0.39, 0.29) is 5.56 Å². The fraction of sp³-hybridized carbons (Fsp3) is 0.462. The Balaban J connectivity index is 2.34. The van der Waals surface area contributed by atoms with Crippen molar-refractivity contribution in [3.05, 3.63) is 34.1 Å². The van der Waals surface area contributed by atoms with Crippen molar-refractivity contribution in [3.63, 3.8) is 0 Å². The van der Waals surface area contributed by atoms with E-state index in [2.05, 4.69) is 22.0 Å². The van der Waals surface area contributed by atoms with E-state index in [1.165, 1.54) is 12.1 Å². The minimum Gasteiger partial charge on any atom is -0.387 e. The fourth-order valence-corrected chi connectivity index (χ4v) is 2.54. The molecule has 3 nitrogen and oxygen atoms in total. The molecule has 1 heterocycles. The Hall–Kier alpha value is -0.960. The second-order valence-corrected chi connectivity index (χ2v) is 5.36. The zero-order valence-corrected chi connectivity index (χ0v) is 11.3. The molecule has 1 aromatic rings. The van der Waals surface area contributed by atoms with Gasteiger partial charge in [-0.15, -0.1) is 0 Å². The first-order valence-corrected chi connectivity index (χ1v) is 6.50. The molecular weight excluding hydrogens is 301 g/mol. The molecule has 0 saturated carbocycles. The number of halogens is 2. The molecular formula is C13H13BrFNO2. The Morgan fingerprint density at radius 1 is 1.44 bits per heavy atom. The summed E-state index contributed by atoms with van der Waals surface area (Å²) in [6.07, 6.45) is -0.292. The molecule has 1 fully saturated rings. The second kappa shape index (κ2) is 5.35. The Labute approximate surface area is 113 Å². The quantitative estimate of drug-likeness (QED) is 0.913. The average molecular weight is 314 g/mol. The first-order chi connectivity index (χ1) is 8.59. The highest BCUT2D eigenvalue weighted by atomic mass is 79.9. The second-order valence-electron chi connectivity index (χ2n) is 4.45. The molecule has 1 aromatic carbocycles. The number of hydrogen-bond acceptors (Lipinski definition) is 3. The van der Waals surface area contributed by atoms with E-state index < -0.39 is 17.3 Å². The van der Waals surface area contributed by atoms with Gasteiger partial charge in [0.05, 0.1) is 11.5 Å². The monoisotopic (exact) mass is 313 g/mol. The van der Waals surface area contributed by atoms with Gasteiger partial charge in [-0.25, -0.2) is 4.39 Å². The normalized spacial score (nSPS) is 20.1. The van der Waals surface area contributed by atoms with Gasteiger partial charge in [-0.2, -0.15) is 5.26 Å². The van der Waals surface area contributed by atoms with Crippen LogP contribution in [0.1, 0.15) is 24.5 Å². The Morgan fingerprint density at radius 3 is 2.67 bits per heavy atom. The van der Waals surface area contributed by atoms with Crippen molar-refractivity contribution in [3.8, 4) is 6.07 Å². The number of benzene rings is 1. The summed E-state index contributed by atoms with van der Waals surface area (Å²) in [5.74, 6) is -0.502. The largest absolute Gasteiger partial charge is 0.387 e. The maximum absolute atomic E-state index is 13.8. The van der Waals surface area contributed by atoms with Crippen molar-refractivity contribution < 1.29 is 14.2 Å². The van der Waals surface area contributed by atoms with E-state index in [0.29, 0.717) is 30.5 Å². The first kappa shape index (κ1) is 13.5. The highest BCUT2D eigenvalue weighted by Gasteiger charge is 2.41. The zero-order chi connectivity index (χ0) is 13.2. The lowest BCUT2D eigenvalue weighted by Gasteiger charge is -2.35. The van der Waals surface area contributed by atoms with Gasteiger partial charge in [0.2, 0.25) is 0 Å². The van der Waals surface area contributed by atoms with Crippen molar-refractivity contribution in [2.24, 2.45) is 5.41 Å². The smallest absolute Gasteiger partial charge is 0.130 e. The average Bonchev–Trinajstić information content (AvgIpc) is 2.39. The van der Waals surface area contributed by atoms with Crippen LogP contribution in [0.15, 0.2) is 22.7 Å². The molecule has 5 heteroatoms. The third-order valence-electron chi connectivity index (χ3n) is 3.39. The predicted molar refractivity (Wildman–Crippen MR) is 67.2 cm³/mol. The molecule has 0 radical (unpaired) electrons. The predicted octanol–water partition coefficient (Wildman–Crippen LogP) is 2.94. The Bertz CT molecular complexity index is 480. The molecule has 96 valence electrons. The molecule has 2 rings (SSSR count). The zero-order valence-electron chi connectivity index (χ0n) is 9.70. The Kier molecular flexibility index (Phi) is 4.00. The lowest BCUT2D eigenvalue weighted by atomic mass is 9.74. The van der Waals surface area contributed by atoms with Crippen LogP contribution < -0.4 is 0 Å². The summed E-state index contributed by atoms with van der Waals surface area (Å²) < 4.78 is 19.6. The summed E-state index contributed by atoms with van der Waals surface area (Å²) in [7, 11) is 0. The van der Waals surface area contributed by atoms with Crippen molar-refractivity contribution in [1.29, 1.82) is 5.26 Å². The van der Waals surface area contributed by atoms with Gasteiger partial charge in [0, 0.05) is 23.2 Å². The number of nitriles is 1. The molecule has 18 heavy (non-hydrogen) atoms. The fourth-order valence-electron chi connectivity index (χ4n) is 2.20. The number of aliphatic hydroxyl groups excluding tert-OH is 1. The number of nitrogens with zero attached hydrogens (tertiary/aromatic N) is 1. The third kappa shape index (κ3) is 2.41. The minimum atomic E-state index is -1.13. The summed E-state index contributed by atoms with van der Waals surface area (Å²) in [4.78, 5) is 0. The van der Waals surface area contributed by atoms with E-state index in [4.69, 9.17) is 4.74 Å². The van der Waals surface area contributed by atoms with Gasteiger partial charge in [-0.05, 0) is 25.0 Å². The highest BCUT2D eigenvalue weighted by molar-refractivity contribution is 9.10. The van der Waals surface area contributed by atoms with Crippen LogP contribution >= 0.6 is 15.9 Å². The minimum absolute atomic E-state index is 0.168. The molecule has 1 aliphatic heterocycles. The van der Waals surface area contributed by atoms with Gasteiger partial charge in [-0.3, -0.25) is 0 Å². The number of hydrogen-bond donors (Lipinski definition) is 1. The lowest BCUT2D eigenvalue weighted by molar-refractivity contribution is -0.0322. The molecule has 1 saturated heterocycles. The summed E-state index contributed by atoms with van der Waals surface area (Å²) >= 11 is 3.17. The SMILES string of the molecule is N#CC1(C(O)c2ccc(Br)cc2F)CCOCC1. The summed E-state index contributed by atoms with van der Waals surface area (Å²) in [6.45, 7) is 0.839. The first-order valence-electron chi connectivity index (χ1n) is 5.71. The van der Waals surface area contributed by atoms with E-state index in [9.17, 15) is 14.8 Å². The van der Waals surface area contributed by atoms with Gasteiger partial charge in [0.1, 0.15) is 11.9 Å². The molecule has 1 atom stereocenters. The van der Waals surface area contributed by atoms with Crippen LogP contribution in [0.25, 0.3) is 0 Å². The van der Waals surface area contributed by atoms with Crippen LogP contribution in [0.5, 0.6) is 0 Å². The van der Waals surface area contributed by atoms with E-state index in [1.807, 2.05) is 0 Å². The molecule has 0 spiro atoms. The van der Waals surface area contributed by atoms with Gasteiger partial charge < -0.3 is 9.84 Å². The van der Waals surface area contributed by atoms with Gasteiger partial charge >= 0.3 is 0 Å². The van der Waals surface area contributed by atoms with Gasteiger partial charge in [-0.1, -0.05) is 22.0 Å². The maximum atomic E-state index is 13.8. The molecule has 0 aliphatic carbocycles. The van der Waals surface area contributed by atoms with Crippen LogP contribution in [0.2, 0.25) is 0 Å². The maximum Gasteiger partial charge on any atom is 0.130 e. The topological polar surface area (TPSA) is 53.2 Å². The molecule has 1 unspecified atom stereocenters. The van der Waals surface area contributed by atoms with Crippen molar-refractivity contribution in [2.45, 2.75) is 18.9 Å². The van der Waals surface area contributed by atoms with E-state index in [1.54, 1.807) is 6.07 Å². The molecule has 1 N–H and O–H groups in total. The summed E-state index contributed by atoms with van der Waals surface area (Å²) in [5, 5.41) is 19.7.